The summed E-state index contributed by atoms with van der Waals surface area (Å²) >= 11 is 0. The highest BCUT2D eigenvalue weighted by Gasteiger charge is 2.29. The van der Waals surface area contributed by atoms with Crippen LogP contribution in [0, 0.1) is 0 Å². The van der Waals surface area contributed by atoms with Crippen LogP contribution in [0.4, 0.5) is 17.3 Å². The maximum absolute atomic E-state index is 5.25. The van der Waals surface area contributed by atoms with E-state index >= 15 is 0 Å². The van der Waals surface area contributed by atoms with Gasteiger partial charge in [0.05, 0.1) is 33.8 Å². The van der Waals surface area contributed by atoms with Gasteiger partial charge in [-0.3, -0.25) is 9.47 Å². The predicted octanol–water partition coefficient (Wildman–Crippen LogP) is 11.9. The lowest BCUT2D eigenvalue weighted by molar-refractivity contribution is 1.05. The van der Waals surface area contributed by atoms with Crippen LogP contribution in [0.15, 0.2) is 188 Å². The summed E-state index contributed by atoms with van der Waals surface area (Å²) in [6, 6.07) is 65.5. The van der Waals surface area contributed by atoms with Gasteiger partial charge in [0.2, 0.25) is 5.95 Å². The smallest absolute Gasteiger partial charge is 0.220 e. The highest BCUT2D eigenvalue weighted by Crippen LogP contribution is 2.47. The average molecular weight is 666 g/mol. The number of hydrogen-bond acceptors (Lipinski definition) is 4. The van der Waals surface area contributed by atoms with Crippen molar-refractivity contribution in [1.82, 2.24) is 19.5 Å². The minimum absolute atomic E-state index is 0.695. The standard InChI is InChI=1S/C47H31N5/c1-3-14-33(15-4-1)41-31-42(34-16-5-2-6-17-34)49-46(48-41)35-28-26-32(27-29-35)36-18-13-19-37(30-36)51-43-23-10-7-20-38(43)39-21-8-11-24-44(39)52-45-25-12-9-22-40(45)50-47(51)52/h1-31H. The van der Waals surface area contributed by atoms with Gasteiger partial charge in [0.1, 0.15) is 0 Å². The fourth-order valence-corrected chi connectivity index (χ4v) is 7.28. The van der Waals surface area contributed by atoms with Crippen LogP contribution in [0.25, 0.3) is 72.9 Å². The van der Waals surface area contributed by atoms with Crippen LogP contribution >= 0.6 is 0 Å². The summed E-state index contributed by atoms with van der Waals surface area (Å²) in [6.45, 7) is 0. The first-order valence-corrected chi connectivity index (χ1v) is 17.5. The van der Waals surface area contributed by atoms with Gasteiger partial charge in [-0.05, 0) is 53.6 Å². The fraction of sp³-hybridized carbons (Fsp3) is 0. The summed E-state index contributed by atoms with van der Waals surface area (Å²) in [5.41, 5.74) is 14.7. The van der Waals surface area contributed by atoms with Gasteiger partial charge in [-0.15, -0.1) is 0 Å². The van der Waals surface area contributed by atoms with E-state index in [1.807, 2.05) is 36.4 Å². The van der Waals surface area contributed by atoms with E-state index in [1.54, 1.807) is 0 Å². The maximum atomic E-state index is 5.25. The van der Waals surface area contributed by atoms with E-state index < -0.39 is 0 Å². The molecule has 0 amide bonds. The molecule has 0 saturated carbocycles. The van der Waals surface area contributed by atoms with Gasteiger partial charge in [0.15, 0.2) is 5.82 Å². The van der Waals surface area contributed by atoms with Gasteiger partial charge in [-0.1, -0.05) is 146 Å². The molecule has 0 spiro atoms. The Morgan fingerprint density at radius 3 is 1.63 bits per heavy atom. The molecule has 1 aliphatic rings. The van der Waals surface area contributed by atoms with Gasteiger partial charge in [0.25, 0.3) is 0 Å². The highest BCUT2D eigenvalue weighted by molar-refractivity contribution is 5.96. The number of benzene rings is 7. The number of aromatic nitrogens is 4. The lowest BCUT2D eigenvalue weighted by Gasteiger charge is -2.25. The van der Waals surface area contributed by atoms with Crippen molar-refractivity contribution in [3.05, 3.63) is 188 Å². The Hall–Kier alpha value is -7.11. The molecule has 0 saturated heterocycles. The maximum Gasteiger partial charge on any atom is 0.220 e. The monoisotopic (exact) mass is 665 g/mol. The number of anilines is 3. The lowest BCUT2D eigenvalue weighted by atomic mass is 10.00. The van der Waals surface area contributed by atoms with Gasteiger partial charge in [-0.2, -0.15) is 0 Å². The molecule has 0 radical (unpaired) electrons. The van der Waals surface area contributed by atoms with Crippen molar-refractivity contribution in [1.29, 1.82) is 0 Å². The Morgan fingerprint density at radius 2 is 0.923 bits per heavy atom. The topological polar surface area (TPSA) is 46.8 Å². The largest absolute Gasteiger partial charge is 0.280 e. The van der Waals surface area contributed by atoms with E-state index in [9.17, 15) is 0 Å². The lowest BCUT2D eigenvalue weighted by Crippen LogP contribution is -2.14. The van der Waals surface area contributed by atoms with Crippen LogP contribution in [0.3, 0.4) is 0 Å². The van der Waals surface area contributed by atoms with E-state index in [1.165, 1.54) is 5.56 Å². The third kappa shape index (κ3) is 5.07. The third-order valence-electron chi connectivity index (χ3n) is 9.77. The zero-order valence-corrected chi connectivity index (χ0v) is 28.1. The van der Waals surface area contributed by atoms with Crippen molar-refractivity contribution in [3.8, 4) is 61.8 Å². The summed E-state index contributed by atoms with van der Waals surface area (Å²) in [7, 11) is 0. The van der Waals surface area contributed by atoms with Gasteiger partial charge in [-0.25, -0.2) is 15.0 Å². The van der Waals surface area contributed by atoms with Gasteiger partial charge >= 0.3 is 0 Å². The summed E-state index contributed by atoms with van der Waals surface area (Å²) in [6.07, 6.45) is 0. The van der Waals surface area contributed by atoms with Crippen molar-refractivity contribution in [2.75, 3.05) is 4.90 Å². The number of imidazole rings is 1. The molecule has 1 aliphatic heterocycles. The molecule has 5 heteroatoms. The molecule has 0 aliphatic carbocycles. The molecule has 0 fully saturated rings. The molecule has 3 heterocycles. The Kier molecular flexibility index (Phi) is 7.07. The number of hydrogen-bond donors (Lipinski definition) is 0. The third-order valence-corrected chi connectivity index (χ3v) is 9.77. The quantitative estimate of drug-likeness (QED) is 0.184. The summed E-state index contributed by atoms with van der Waals surface area (Å²) in [4.78, 5) is 17.6. The van der Waals surface area contributed by atoms with E-state index in [0.717, 1.165) is 78.8 Å². The summed E-state index contributed by atoms with van der Waals surface area (Å²) < 4.78 is 2.29. The molecule has 7 aromatic carbocycles. The number of fused-ring (bicyclic) bond motifs is 7. The average Bonchev–Trinajstić information content (AvgIpc) is 3.55. The Labute approximate surface area is 301 Å². The zero-order chi connectivity index (χ0) is 34.4. The van der Waals surface area contributed by atoms with Gasteiger partial charge < -0.3 is 0 Å². The van der Waals surface area contributed by atoms with E-state index in [4.69, 9.17) is 15.0 Å². The van der Waals surface area contributed by atoms with Crippen LogP contribution in [-0.4, -0.2) is 19.5 Å². The second kappa shape index (κ2) is 12.3. The van der Waals surface area contributed by atoms with E-state index in [-0.39, 0.29) is 0 Å². The number of para-hydroxylation sites is 4. The van der Waals surface area contributed by atoms with Crippen LogP contribution in [-0.2, 0) is 0 Å². The Morgan fingerprint density at radius 1 is 0.365 bits per heavy atom. The highest BCUT2D eigenvalue weighted by atomic mass is 15.3. The molecular weight excluding hydrogens is 635 g/mol. The number of rotatable bonds is 5. The van der Waals surface area contributed by atoms with Crippen molar-refractivity contribution in [2.24, 2.45) is 0 Å². The predicted molar refractivity (Wildman–Crippen MR) is 212 cm³/mol. The first-order chi connectivity index (χ1) is 25.8. The van der Waals surface area contributed by atoms with Crippen LogP contribution < -0.4 is 4.90 Å². The molecule has 0 unspecified atom stereocenters. The van der Waals surface area contributed by atoms with E-state index in [2.05, 4.69) is 161 Å². The minimum atomic E-state index is 0.695. The molecule has 9 aromatic rings. The second-order valence-corrected chi connectivity index (χ2v) is 12.9. The van der Waals surface area contributed by atoms with Crippen LogP contribution in [0.1, 0.15) is 0 Å². The van der Waals surface area contributed by atoms with Crippen molar-refractivity contribution >= 4 is 28.4 Å². The molecule has 0 atom stereocenters. The van der Waals surface area contributed by atoms with Crippen molar-refractivity contribution in [2.45, 2.75) is 0 Å². The second-order valence-electron chi connectivity index (χ2n) is 12.9. The minimum Gasteiger partial charge on any atom is -0.280 e. The molecule has 5 nitrogen and oxygen atoms in total. The molecule has 2 aromatic heterocycles. The normalized spacial score (nSPS) is 11.8. The molecule has 244 valence electrons. The van der Waals surface area contributed by atoms with Gasteiger partial charge in [0, 0.05) is 33.5 Å². The fourth-order valence-electron chi connectivity index (χ4n) is 7.28. The molecular formula is C47H31N5. The Bertz CT molecular complexity index is 2680. The van der Waals surface area contributed by atoms with Crippen molar-refractivity contribution < 1.29 is 0 Å². The molecule has 52 heavy (non-hydrogen) atoms. The first-order valence-electron chi connectivity index (χ1n) is 17.5. The first kappa shape index (κ1) is 29.8. The Balaban J connectivity index is 1.07. The van der Waals surface area contributed by atoms with Crippen molar-refractivity contribution in [3.63, 3.8) is 0 Å². The van der Waals surface area contributed by atoms with Crippen LogP contribution in [0.5, 0.6) is 0 Å². The zero-order valence-electron chi connectivity index (χ0n) is 28.1. The molecule has 0 N–H and O–H groups in total. The molecule has 10 rings (SSSR count). The summed E-state index contributed by atoms with van der Waals surface area (Å²) in [5.74, 6) is 1.55. The summed E-state index contributed by atoms with van der Waals surface area (Å²) in [5, 5.41) is 0. The van der Waals surface area contributed by atoms with E-state index in [0.29, 0.717) is 5.82 Å². The molecule has 0 bridgehead atoms. The SMILES string of the molecule is c1ccc(-c2cc(-c3ccccc3)nc(-c3ccc(-c4cccc(N5c6ccccc6-c6ccccc6-n6c5nc5ccccc56)c4)cc3)n2)cc1. The number of nitrogens with zero attached hydrogens (tertiary/aromatic N) is 5. The van der Waals surface area contributed by atoms with Crippen LogP contribution in [0.2, 0.25) is 0 Å².